The van der Waals surface area contributed by atoms with Gasteiger partial charge in [0.05, 0.1) is 36.8 Å². The molecule has 4 N–H and O–H groups in total. The number of hydrogen-bond donors (Lipinski definition) is 3. The van der Waals surface area contributed by atoms with Gasteiger partial charge >= 0.3 is 0 Å². The van der Waals surface area contributed by atoms with Gasteiger partial charge in [0.25, 0.3) is 5.91 Å². The van der Waals surface area contributed by atoms with Crippen molar-refractivity contribution in [3.63, 3.8) is 0 Å². The second-order valence-corrected chi connectivity index (χ2v) is 9.86. The lowest BCUT2D eigenvalue weighted by molar-refractivity contribution is -0.121. The van der Waals surface area contributed by atoms with Gasteiger partial charge in [-0.05, 0) is 37.5 Å². The molecule has 3 heterocycles. The zero-order valence-electron chi connectivity index (χ0n) is 21.8. The molecule has 2 aromatic heterocycles. The number of morpholine rings is 1. The van der Waals surface area contributed by atoms with Crippen molar-refractivity contribution in [1.82, 2.24) is 25.1 Å². The van der Waals surface area contributed by atoms with Crippen LogP contribution in [0.5, 0.6) is 0 Å². The van der Waals surface area contributed by atoms with Crippen LogP contribution in [0.1, 0.15) is 35.7 Å². The summed E-state index contributed by atoms with van der Waals surface area (Å²) in [5.41, 5.74) is 8.53. The highest BCUT2D eigenvalue weighted by atomic mass is 16.5. The number of pyridine rings is 2. The Kier molecular flexibility index (Phi) is 7.44. The van der Waals surface area contributed by atoms with E-state index in [2.05, 4.69) is 15.5 Å². The molecule has 2 amide bonds. The summed E-state index contributed by atoms with van der Waals surface area (Å²) in [7, 11) is 1.46. The third-order valence-corrected chi connectivity index (χ3v) is 7.36. The van der Waals surface area contributed by atoms with Crippen molar-refractivity contribution < 1.29 is 14.3 Å². The summed E-state index contributed by atoms with van der Waals surface area (Å²) in [6, 6.07) is 12.0. The number of benzene rings is 1. The molecule has 10 nitrogen and oxygen atoms in total. The summed E-state index contributed by atoms with van der Waals surface area (Å²) in [5, 5.41) is 5.89. The number of aromatic nitrogens is 2. The van der Waals surface area contributed by atoms with Gasteiger partial charge in [-0.1, -0.05) is 24.3 Å². The van der Waals surface area contributed by atoms with E-state index in [1.54, 1.807) is 16.7 Å². The van der Waals surface area contributed by atoms with E-state index >= 15 is 0 Å². The standard InChI is InChI=1S/C28H34N6O4/c1-3-33-26(29)24(28(37)30-2)25(36)21-10-11-22(32-27(21)33)18-6-4-17(5-7-18)14-23(35)31-15-20-16-38-13-12-34(20)19-8-9-19/h4-7,10-11,19-20H,3,8-9,12-16,29H2,1-2H3,(H,30,37)(H,31,35). The molecule has 2 aliphatic rings. The van der Waals surface area contributed by atoms with Gasteiger partial charge < -0.3 is 25.7 Å². The Balaban J connectivity index is 1.30. The average Bonchev–Trinajstić information content (AvgIpc) is 3.78. The van der Waals surface area contributed by atoms with Crippen molar-refractivity contribution in [2.45, 2.75) is 44.8 Å². The van der Waals surface area contributed by atoms with Gasteiger partial charge in [-0.3, -0.25) is 19.3 Å². The zero-order chi connectivity index (χ0) is 26.8. The van der Waals surface area contributed by atoms with Crippen LogP contribution in [0.4, 0.5) is 5.82 Å². The van der Waals surface area contributed by atoms with Gasteiger partial charge in [0.2, 0.25) is 11.3 Å². The molecule has 1 unspecified atom stereocenters. The molecular weight excluding hydrogens is 484 g/mol. The molecule has 0 bridgehead atoms. The molecule has 38 heavy (non-hydrogen) atoms. The summed E-state index contributed by atoms with van der Waals surface area (Å²) in [6.45, 7) is 5.29. The quantitative estimate of drug-likeness (QED) is 0.412. The summed E-state index contributed by atoms with van der Waals surface area (Å²) >= 11 is 0. The van der Waals surface area contributed by atoms with E-state index in [9.17, 15) is 14.4 Å². The number of rotatable bonds is 8. The average molecular weight is 519 g/mol. The van der Waals surface area contributed by atoms with Crippen LogP contribution in [0.25, 0.3) is 22.3 Å². The molecule has 1 saturated heterocycles. The number of nitrogen functional groups attached to an aromatic ring is 1. The first-order valence-corrected chi connectivity index (χ1v) is 13.2. The van der Waals surface area contributed by atoms with Crippen LogP contribution < -0.4 is 21.8 Å². The Bertz CT molecular complexity index is 1410. The largest absolute Gasteiger partial charge is 0.384 e. The van der Waals surface area contributed by atoms with Crippen LogP contribution in [0.2, 0.25) is 0 Å². The lowest BCUT2D eigenvalue weighted by atomic mass is 10.0. The van der Waals surface area contributed by atoms with E-state index in [-0.39, 0.29) is 29.8 Å². The number of ether oxygens (including phenoxy) is 1. The summed E-state index contributed by atoms with van der Waals surface area (Å²) in [5.74, 6) is -0.444. The van der Waals surface area contributed by atoms with Crippen LogP contribution in [0.3, 0.4) is 0 Å². The molecule has 200 valence electrons. The van der Waals surface area contributed by atoms with E-state index in [1.807, 2.05) is 31.2 Å². The van der Waals surface area contributed by atoms with Gasteiger partial charge in [-0.25, -0.2) is 4.98 Å². The maximum atomic E-state index is 13.0. The number of carbonyl (C=O) groups excluding carboxylic acids is 2. The van der Waals surface area contributed by atoms with Gasteiger partial charge in [0.15, 0.2) is 0 Å². The van der Waals surface area contributed by atoms with Crippen molar-refractivity contribution >= 4 is 28.7 Å². The molecule has 10 heteroatoms. The number of anilines is 1. The van der Waals surface area contributed by atoms with Gasteiger partial charge in [0, 0.05) is 38.3 Å². The Morgan fingerprint density at radius 1 is 1.16 bits per heavy atom. The molecule has 1 aromatic carbocycles. The fourth-order valence-electron chi connectivity index (χ4n) is 5.16. The van der Waals surface area contributed by atoms with Crippen molar-refractivity contribution in [1.29, 1.82) is 0 Å². The molecule has 1 aliphatic carbocycles. The highest BCUT2D eigenvalue weighted by Gasteiger charge is 2.35. The third kappa shape index (κ3) is 5.14. The maximum absolute atomic E-state index is 13.0. The van der Waals surface area contributed by atoms with Crippen LogP contribution in [0.15, 0.2) is 41.2 Å². The number of amides is 2. The number of nitrogens with zero attached hydrogens (tertiary/aromatic N) is 3. The Morgan fingerprint density at radius 2 is 1.92 bits per heavy atom. The molecule has 1 saturated carbocycles. The Morgan fingerprint density at radius 3 is 2.61 bits per heavy atom. The predicted octanol–water partition coefficient (Wildman–Crippen LogP) is 1.55. The molecule has 3 aromatic rings. The smallest absolute Gasteiger partial charge is 0.258 e. The summed E-state index contributed by atoms with van der Waals surface area (Å²) in [6.07, 6.45) is 2.77. The minimum atomic E-state index is -0.521. The Hall–Kier alpha value is -3.76. The fourth-order valence-corrected chi connectivity index (χ4v) is 5.16. The molecule has 5 rings (SSSR count). The predicted molar refractivity (Wildman–Crippen MR) is 146 cm³/mol. The second kappa shape index (κ2) is 10.9. The number of nitrogens with one attached hydrogen (secondary N) is 2. The minimum absolute atomic E-state index is 0.0164. The molecule has 2 fully saturated rings. The van der Waals surface area contributed by atoms with Crippen molar-refractivity contribution in [3.8, 4) is 11.3 Å². The van der Waals surface area contributed by atoms with E-state index in [4.69, 9.17) is 15.5 Å². The monoisotopic (exact) mass is 518 g/mol. The van der Waals surface area contributed by atoms with Crippen LogP contribution in [-0.2, 0) is 22.5 Å². The van der Waals surface area contributed by atoms with E-state index in [0.717, 1.165) is 24.3 Å². The fraction of sp³-hybridized carbons (Fsp3) is 0.429. The first-order valence-electron chi connectivity index (χ1n) is 13.2. The van der Waals surface area contributed by atoms with Crippen LogP contribution >= 0.6 is 0 Å². The topological polar surface area (TPSA) is 132 Å². The zero-order valence-corrected chi connectivity index (χ0v) is 21.8. The lowest BCUT2D eigenvalue weighted by Crippen LogP contribution is -2.52. The molecular formula is C28H34N6O4. The second-order valence-electron chi connectivity index (χ2n) is 9.86. The van der Waals surface area contributed by atoms with Crippen molar-refractivity contribution in [2.75, 3.05) is 39.1 Å². The molecule has 1 aliphatic heterocycles. The minimum Gasteiger partial charge on any atom is -0.384 e. The normalized spacial score (nSPS) is 17.9. The third-order valence-electron chi connectivity index (χ3n) is 7.36. The molecule has 1 atom stereocenters. The number of aryl methyl sites for hydroxylation is 1. The van der Waals surface area contributed by atoms with Gasteiger partial charge in [-0.15, -0.1) is 0 Å². The highest BCUT2D eigenvalue weighted by Crippen LogP contribution is 2.29. The van der Waals surface area contributed by atoms with E-state index in [1.165, 1.54) is 19.9 Å². The first-order chi connectivity index (χ1) is 18.4. The van der Waals surface area contributed by atoms with Gasteiger partial charge in [0.1, 0.15) is 17.0 Å². The van der Waals surface area contributed by atoms with Crippen molar-refractivity contribution in [3.05, 3.63) is 57.7 Å². The number of carbonyl (C=O) groups is 2. The Labute approximate surface area is 221 Å². The van der Waals surface area contributed by atoms with Crippen LogP contribution in [0, 0.1) is 0 Å². The van der Waals surface area contributed by atoms with Crippen LogP contribution in [-0.4, -0.2) is 71.7 Å². The lowest BCUT2D eigenvalue weighted by Gasteiger charge is -2.35. The SMILES string of the molecule is CCn1c(N)c(C(=O)NC)c(=O)c2ccc(-c3ccc(CC(=O)NCC4COCCN4C4CC4)cc3)nc21. The van der Waals surface area contributed by atoms with E-state index < -0.39 is 11.3 Å². The number of hydrogen-bond acceptors (Lipinski definition) is 7. The molecule has 0 radical (unpaired) electrons. The molecule has 0 spiro atoms. The highest BCUT2D eigenvalue weighted by molar-refractivity contribution is 6.01. The van der Waals surface area contributed by atoms with E-state index in [0.29, 0.717) is 42.5 Å². The van der Waals surface area contributed by atoms with Crippen molar-refractivity contribution in [2.24, 2.45) is 0 Å². The maximum Gasteiger partial charge on any atom is 0.258 e. The summed E-state index contributed by atoms with van der Waals surface area (Å²) in [4.78, 5) is 45.1. The number of fused-ring (bicyclic) bond motifs is 1. The number of nitrogens with two attached hydrogens (primary N) is 1. The van der Waals surface area contributed by atoms with Gasteiger partial charge in [-0.2, -0.15) is 0 Å². The summed E-state index contributed by atoms with van der Waals surface area (Å²) < 4.78 is 7.30. The first kappa shape index (κ1) is 25.9.